The Morgan fingerprint density at radius 3 is 2.20 bits per heavy atom. The van der Waals surface area contributed by atoms with Crippen LogP contribution in [0.2, 0.25) is 5.02 Å². The third-order valence-corrected chi connectivity index (χ3v) is 1.87. The Labute approximate surface area is 65.3 Å². The largest absolute Gasteiger partial charge is 0.506 e. The van der Waals surface area contributed by atoms with Gasteiger partial charge in [0.2, 0.25) is 0 Å². The Balaban J connectivity index is 3.28. The molecule has 0 fully saturated rings. The van der Waals surface area contributed by atoms with Crippen molar-refractivity contribution >= 4 is 11.6 Å². The summed E-state index contributed by atoms with van der Waals surface area (Å²) in [5.41, 5.74) is 2.16. The van der Waals surface area contributed by atoms with Gasteiger partial charge < -0.3 is 5.11 Å². The molecule has 1 rings (SSSR count). The SMILES string of the molecule is Cc1cc(O)c(Cl)cc1C. The number of benzene rings is 1. The minimum Gasteiger partial charge on any atom is -0.506 e. The Morgan fingerprint density at radius 1 is 1.20 bits per heavy atom. The van der Waals surface area contributed by atoms with Crippen molar-refractivity contribution in [1.82, 2.24) is 0 Å². The molecule has 0 aliphatic carbocycles. The summed E-state index contributed by atoms with van der Waals surface area (Å²) in [5.74, 6) is 0.157. The first-order valence-corrected chi connectivity index (χ1v) is 3.45. The predicted octanol–water partition coefficient (Wildman–Crippen LogP) is 2.66. The summed E-state index contributed by atoms with van der Waals surface area (Å²) in [7, 11) is 0. The van der Waals surface area contributed by atoms with Gasteiger partial charge in [0.15, 0.2) is 0 Å². The molecule has 0 saturated carbocycles. The van der Waals surface area contributed by atoms with Crippen LogP contribution in [0.1, 0.15) is 11.1 Å². The van der Waals surface area contributed by atoms with Crippen molar-refractivity contribution < 1.29 is 5.11 Å². The van der Waals surface area contributed by atoms with E-state index < -0.39 is 0 Å². The molecule has 0 aliphatic heterocycles. The van der Waals surface area contributed by atoms with Gasteiger partial charge in [-0.1, -0.05) is 11.6 Å². The van der Waals surface area contributed by atoms with E-state index >= 15 is 0 Å². The zero-order valence-corrected chi connectivity index (χ0v) is 6.74. The highest BCUT2D eigenvalue weighted by Gasteiger charge is 1.99. The summed E-state index contributed by atoms with van der Waals surface area (Å²) in [4.78, 5) is 0. The van der Waals surface area contributed by atoms with E-state index in [1.807, 2.05) is 13.8 Å². The standard InChI is InChI=1S/C8H9ClO/c1-5-3-7(9)8(10)4-6(5)2/h3-4,10H,1-2H3. The minimum absolute atomic E-state index is 0.157. The smallest absolute Gasteiger partial charge is 0.134 e. The van der Waals surface area contributed by atoms with Crippen molar-refractivity contribution in [1.29, 1.82) is 0 Å². The van der Waals surface area contributed by atoms with Gasteiger partial charge in [-0.3, -0.25) is 0 Å². The molecule has 0 amide bonds. The fourth-order valence-corrected chi connectivity index (χ4v) is 0.984. The Bertz CT molecular complexity index is 205. The lowest BCUT2D eigenvalue weighted by Gasteiger charge is -2.01. The first-order valence-electron chi connectivity index (χ1n) is 3.07. The van der Waals surface area contributed by atoms with Crippen molar-refractivity contribution in [2.24, 2.45) is 0 Å². The van der Waals surface area contributed by atoms with Crippen LogP contribution in [0.4, 0.5) is 0 Å². The molecular weight excluding hydrogens is 148 g/mol. The fraction of sp³-hybridized carbons (Fsp3) is 0.250. The number of hydrogen-bond donors (Lipinski definition) is 1. The number of halogens is 1. The van der Waals surface area contributed by atoms with Crippen molar-refractivity contribution in [3.8, 4) is 5.75 Å². The van der Waals surface area contributed by atoms with Gasteiger partial charge in [0.1, 0.15) is 5.75 Å². The molecule has 2 heteroatoms. The molecule has 10 heavy (non-hydrogen) atoms. The topological polar surface area (TPSA) is 20.2 Å². The number of aryl methyl sites for hydroxylation is 2. The number of hydrogen-bond acceptors (Lipinski definition) is 1. The summed E-state index contributed by atoms with van der Waals surface area (Å²) in [6.45, 7) is 3.89. The van der Waals surface area contributed by atoms with Crippen molar-refractivity contribution in [2.45, 2.75) is 13.8 Å². The summed E-state index contributed by atoms with van der Waals surface area (Å²) in [6, 6.07) is 3.42. The summed E-state index contributed by atoms with van der Waals surface area (Å²) >= 11 is 5.64. The molecule has 0 saturated heterocycles. The van der Waals surface area contributed by atoms with Gasteiger partial charge in [-0.25, -0.2) is 0 Å². The number of rotatable bonds is 0. The van der Waals surface area contributed by atoms with Crippen molar-refractivity contribution in [3.63, 3.8) is 0 Å². The number of aromatic hydroxyl groups is 1. The number of phenols is 1. The van der Waals surface area contributed by atoms with Crippen molar-refractivity contribution in [3.05, 3.63) is 28.3 Å². The molecule has 0 aliphatic rings. The molecule has 54 valence electrons. The van der Waals surface area contributed by atoms with E-state index in [4.69, 9.17) is 16.7 Å². The van der Waals surface area contributed by atoms with Gasteiger partial charge in [-0.05, 0) is 37.1 Å². The third kappa shape index (κ3) is 1.24. The molecule has 0 spiro atoms. The molecule has 0 radical (unpaired) electrons. The molecule has 0 unspecified atom stereocenters. The normalized spacial score (nSPS) is 9.90. The predicted molar refractivity (Wildman–Crippen MR) is 42.6 cm³/mol. The van der Waals surface area contributed by atoms with Crippen LogP contribution in [0.15, 0.2) is 12.1 Å². The van der Waals surface area contributed by atoms with Crippen LogP contribution in [0.25, 0.3) is 0 Å². The molecule has 0 bridgehead atoms. The number of phenolic OH excluding ortho intramolecular Hbond substituents is 1. The van der Waals surface area contributed by atoms with E-state index in [2.05, 4.69) is 0 Å². The molecule has 0 heterocycles. The summed E-state index contributed by atoms with van der Waals surface area (Å²) in [6.07, 6.45) is 0. The molecule has 1 aromatic rings. The zero-order valence-electron chi connectivity index (χ0n) is 5.98. The van der Waals surface area contributed by atoms with Crippen molar-refractivity contribution in [2.75, 3.05) is 0 Å². The Morgan fingerprint density at radius 2 is 1.70 bits per heavy atom. The second-order valence-electron chi connectivity index (χ2n) is 2.39. The lowest BCUT2D eigenvalue weighted by atomic mass is 10.1. The Kier molecular flexibility index (Phi) is 1.86. The maximum atomic E-state index is 9.09. The van der Waals surface area contributed by atoms with Crippen LogP contribution in [-0.2, 0) is 0 Å². The van der Waals surface area contributed by atoms with E-state index in [-0.39, 0.29) is 5.75 Å². The Hall–Kier alpha value is -0.690. The van der Waals surface area contributed by atoms with Gasteiger partial charge in [0.25, 0.3) is 0 Å². The van der Waals surface area contributed by atoms with Crippen LogP contribution in [0, 0.1) is 13.8 Å². The first-order chi connectivity index (χ1) is 4.61. The van der Waals surface area contributed by atoms with E-state index in [1.165, 1.54) is 0 Å². The monoisotopic (exact) mass is 156 g/mol. The van der Waals surface area contributed by atoms with E-state index in [0.29, 0.717) is 5.02 Å². The summed E-state index contributed by atoms with van der Waals surface area (Å²) < 4.78 is 0. The quantitative estimate of drug-likeness (QED) is 0.613. The lowest BCUT2D eigenvalue weighted by molar-refractivity contribution is 0.475. The van der Waals surface area contributed by atoms with E-state index in [1.54, 1.807) is 12.1 Å². The van der Waals surface area contributed by atoms with Gasteiger partial charge >= 0.3 is 0 Å². The third-order valence-electron chi connectivity index (χ3n) is 1.56. The maximum Gasteiger partial charge on any atom is 0.134 e. The fourth-order valence-electron chi connectivity index (χ4n) is 0.766. The van der Waals surface area contributed by atoms with Gasteiger partial charge in [-0.2, -0.15) is 0 Å². The average molecular weight is 157 g/mol. The van der Waals surface area contributed by atoms with Gasteiger partial charge in [0.05, 0.1) is 5.02 Å². The van der Waals surface area contributed by atoms with Crippen LogP contribution >= 0.6 is 11.6 Å². The van der Waals surface area contributed by atoms with Crippen LogP contribution in [0.5, 0.6) is 5.75 Å². The lowest BCUT2D eigenvalue weighted by Crippen LogP contribution is -1.79. The van der Waals surface area contributed by atoms with E-state index in [9.17, 15) is 0 Å². The van der Waals surface area contributed by atoms with Gasteiger partial charge in [0, 0.05) is 0 Å². The second kappa shape index (κ2) is 2.51. The average Bonchev–Trinajstić information content (AvgIpc) is 1.84. The highest BCUT2D eigenvalue weighted by Crippen LogP contribution is 2.25. The van der Waals surface area contributed by atoms with Crippen LogP contribution in [0.3, 0.4) is 0 Å². The van der Waals surface area contributed by atoms with Crippen LogP contribution in [-0.4, -0.2) is 5.11 Å². The maximum absolute atomic E-state index is 9.09. The van der Waals surface area contributed by atoms with Gasteiger partial charge in [-0.15, -0.1) is 0 Å². The molecule has 0 atom stereocenters. The molecule has 1 N–H and O–H groups in total. The molecular formula is C8H9ClO. The van der Waals surface area contributed by atoms with Crippen LogP contribution < -0.4 is 0 Å². The minimum atomic E-state index is 0.157. The zero-order chi connectivity index (χ0) is 7.72. The van der Waals surface area contributed by atoms with E-state index in [0.717, 1.165) is 11.1 Å². The first kappa shape index (κ1) is 7.42. The highest BCUT2D eigenvalue weighted by molar-refractivity contribution is 6.32. The summed E-state index contributed by atoms with van der Waals surface area (Å²) in [5, 5.41) is 9.51. The molecule has 1 aromatic carbocycles. The molecule has 0 aromatic heterocycles. The highest BCUT2D eigenvalue weighted by atomic mass is 35.5. The molecule has 1 nitrogen and oxygen atoms in total. The second-order valence-corrected chi connectivity index (χ2v) is 2.80.